The minimum Gasteiger partial charge on any atom is -0.507 e. The molecular formula is C48H63N5O11. The Bertz CT molecular complexity index is 2150. The second-order valence-corrected chi connectivity index (χ2v) is 16.6. The first kappa shape index (κ1) is 50.1. The van der Waals surface area contributed by atoms with E-state index in [2.05, 4.69) is 26.6 Å². The molecule has 5 atom stereocenters. The molecule has 346 valence electrons. The standard InChI is InChI=1S/C48H63N5O11/c1-29(2)40(44(56)50-26-32-20-21-34(60-6)24-36(32)54)52-45(57)41(49-27-33-23-38(62-8)39(63-9)25-37(33)61-7)42(55)35(22-30-16-12-10-13-17-30)51-46(58)43(48(3,4)5)53-47(59)64-28-31-18-14-11-15-19-31/h10-21,23-25,29,35,40-43,49,54-55H,22,26-28H2,1-9H3,(H,50,56)(H,51,58)(H,52,57)(H,53,59)/t35-,40-,41+,42-,43+/m0/s1. The van der Waals surface area contributed by atoms with Crippen LogP contribution in [-0.2, 0) is 45.2 Å². The summed E-state index contributed by atoms with van der Waals surface area (Å²) in [5.41, 5.74) is 1.62. The van der Waals surface area contributed by atoms with Crippen LogP contribution in [0.1, 0.15) is 56.9 Å². The van der Waals surface area contributed by atoms with Gasteiger partial charge in [-0.2, -0.15) is 0 Å². The lowest BCUT2D eigenvalue weighted by Crippen LogP contribution is -2.63. The topological polar surface area (TPSA) is 215 Å². The fourth-order valence-corrected chi connectivity index (χ4v) is 6.89. The highest BCUT2D eigenvalue weighted by Gasteiger charge is 2.40. The molecule has 16 nitrogen and oxygen atoms in total. The van der Waals surface area contributed by atoms with Gasteiger partial charge in [-0.3, -0.25) is 19.7 Å². The molecule has 7 N–H and O–H groups in total. The maximum absolute atomic E-state index is 14.6. The van der Waals surface area contributed by atoms with Gasteiger partial charge in [0.15, 0.2) is 11.5 Å². The van der Waals surface area contributed by atoms with Crippen molar-refractivity contribution >= 4 is 23.8 Å². The Kier molecular flexibility index (Phi) is 18.6. The van der Waals surface area contributed by atoms with E-state index < -0.39 is 65.4 Å². The normalized spacial score (nSPS) is 13.6. The fraction of sp³-hybridized carbons (Fsp3) is 0.417. The molecule has 0 saturated heterocycles. The number of ether oxygens (including phenoxy) is 5. The summed E-state index contributed by atoms with van der Waals surface area (Å²) in [7, 11) is 5.92. The first-order valence-corrected chi connectivity index (χ1v) is 20.9. The van der Waals surface area contributed by atoms with Gasteiger partial charge in [-0.1, -0.05) is 95.3 Å². The van der Waals surface area contributed by atoms with E-state index in [0.717, 1.165) is 11.1 Å². The van der Waals surface area contributed by atoms with E-state index in [9.17, 15) is 29.4 Å². The highest BCUT2D eigenvalue weighted by Crippen LogP contribution is 2.35. The number of benzene rings is 4. The second kappa shape index (κ2) is 23.8. The average molecular weight is 886 g/mol. The SMILES string of the molecule is COc1ccc(CNC(=O)[C@@H](NC(=O)[C@H](NCc2cc(OC)c(OC)cc2OC)[C@@H](O)[C@H](Cc2ccccc2)NC(=O)[C@@H](NC(=O)OCc2ccccc2)C(C)(C)C)C(C)C)c(O)c1. The van der Waals surface area contributed by atoms with E-state index in [1.807, 2.05) is 60.7 Å². The molecule has 4 rings (SSSR count). The number of methoxy groups -OCH3 is 4. The van der Waals surface area contributed by atoms with Crippen molar-refractivity contribution in [2.45, 2.75) is 91.0 Å². The van der Waals surface area contributed by atoms with E-state index in [-0.39, 0.29) is 31.9 Å². The number of amides is 4. The lowest BCUT2D eigenvalue weighted by atomic mass is 9.85. The summed E-state index contributed by atoms with van der Waals surface area (Å²) >= 11 is 0. The average Bonchev–Trinajstić information content (AvgIpc) is 3.28. The second-order valence-electron chi connectivity index (χ2n) is 16.6. The molecule has 0 unspecified atom stereocenters. The number of aliphatic hydroxyl groups excluding tert-OH is 1. The first-order chi connectivity index (χ1) is 30.5. The molecule has 0 aliphatic heterocycles. The Balaban J connectivity index is 1.68. The number of carbonyl (C=O) groups is 4. The number of carbonyl (C=O) groups excluding carboxylic acids is 4. The third kappa shape index (κ3) is 14.3. The number of phenols is 1. The van der Waals surface area contributed by atoms with E-state index in [4.69, 9.17) is 23.7 Å². The van der Waals surface area contributed by atoms with Crippen molar-refractivity contribution in [1.82, 2.24) is 26.6 Å². The zero-order valence-corrected chi connectivity index (χ0v) is 38.0. The van der Waals surface area contributed by atoms with Crippen molar-refractivity contribution in [2.75, 3.05) is 28.4 Å². The van der Waals surface area contributed by atoms with Crippen molar-refractivity contribution in [3.63, 3.8) is 0 Å². The van der Waals surface area contributed by atoms with Gasteiger partial charge in [-0.15, -0.1) is 0 Å². The van der Waals surface area contributed by atoms with E-state index in [1.165, 1.54) is 34.5 Å². The number of hydrogen-bond acceptors (Lipinski definition) is 12. The summed E-state index contributed by atoms with van der Waals surface area (Å²) in [6.45, 7) is 8.71. The van der Waals surface area contributed by atoms with Crippen LogP contribution >= 0.6 is 0 Å². The van der Waals surface area contributed by atoms with Gasteiger partial charge >= 0.3 is 6.09 Å². The van der Waals surface area contributed by atoms with Crippen molar-refractivity contribution in [3.05, 3.63) is 113 Å². The summed E-state index contributed by atoms with van der Waals surface area (Å²) < 4.78 is 27.3. The van der Waals surface area contributed by atoms with Gasteiger partial charge in [0, 0.05) is 36.3 Å². The Morgan fingerprint density at radius 1 is 0.641 bits per heavy atom. The molecule has 64 heavy (non-hydrogen) atoms. The molecule has 0 saturated carbocycles. The van der Waals surface area contributed by atoms with Gasteiger partial charge in [-0.25, -0.2) is 4.79 Å². The summed E-state index contributed by atoms with van der Waals surface area (Å²) in [4.78, 5) is 55.9. The Morgan fingerprint density at radius 3 is 1.81 bits per heavy atom. The van der Waals surface area contributed by atoms with Crippen LogP contribution in [0.3, 0.4) is 0 Å². The van der Waals surface area contributed by atoms with Crippen LogP contribution in [0, 0.1) is 11.3 Å². The Labute approximate surface area is 375 Å². The molecule has 0 spiro atoms. The molecule has 4 amide bonds. The van der Waals surface area contributed by atoms with Gasteiger partial charge in [-0.05, 0) is 47.1 Å². The van der Waals surface area contributed by atoms with Gasteiger partial charge in [0.05, 0.1) is 40.6 Å². The highest BCUT2D eigenvalue weighted by atomic mass is 16.5. The third-order valence-corrected chi connectivity index (χ3v) is 10.6. The monoisotopic (exact) mass is 885 g/mol. The molecular weight excluding hydrogens is 823 g/mol. The van der Waals surface area contributed by atoms with E-state index >= 15 is 0 Å². The molecule has 0 heterocycles. The lowest BCUT2D eigenvalue weighted by molar-refractivity contribution is -0.134. The zero-order chi connectivity index (χ0) is 47.0. The third-order valence-electron chi connectivity index (χ3n) is 10.6. The van der Waals surface area contributed by atoms with E-state index in [1.54, 1.807) is 58.9 Å². The minimum absolute atomic E-state index is 0.0207. The van der Waals surface area contributed by atoms with Gasteiger partial charge in [0.1, 0.15) is 42.0 Å². The maximum atomic E-state index is 14.6. The number of rotatable bonds is 22. The Morgan fingerprint density at radius 2 is 1.25 bits per heavy atom. The molecule has 4 aromatic carbocycles. The van der Waals surface area contributed by atoms with Crippen LogP contribution in [0.5, 0.6) is 28.7 Å². The van der Waals surface area contributed by atoms with Gasteiger partial charge in [0.25, 0.3) is 0 Å². The summed E-state index contributed by atoms with van der Waals surface area (Å²) in [6, 6.07) is 21.3. The molecule has 0 fully saturated rings. The summed E-state index contributed by atoms with van der Waals surface area (Å²) in [6.07, 6.45) is -2.40. The summed E-state index contributed by atoms with van der Waals surface area (Å²) in [5.74, 6) is -0.814. The number of nitrogens with one attached hydrogen (secondary N) is 5. The highest BCUT2D eigenvalue weighted by molar-refractivity contribution is 5.91. The number of aromatic hydroxyl groups is 1. The smallest absolute Gasteiger partial charge is 0.408 e. The largest absolute Gasteiger partial charge is 0.507 e. The van der Waals surface area contributed by atoms with Crippen LogP contribution < -0.4 is 45.5 Å². The Hall–Kier alpha value is -6.52. The van der Waals surface area contributed by atoms with Gasteiger partial charge in [0.2, 0.25) is 17.7 Å². The predicted molar refractivity (Wildman–Crippen MR) is 241 cm³/mol. The number of phenolic OH excluding ortho intramolecular Hbond substituents is 1. The lowest BCUT2D eigenvalue weighted by Gasteiger charge is -2.35. The quantitative estimate of drug-likeness (QED) is 0.0569. The number of alkyl carbamates (subject to hydrolysis) is 1. The van der Waals surface area contributed by atoms with Crippen LogP contribution in [0.4, 0.5) is 4.79 Å². The van der Waals surface area contributed by atoms with Crippen molar-refractivity contribution < 1.29 is 53.1 Å². The molecule has 4 aromatic rings. The minimum atomic E-state index is -1.65. The van der Waals surface area contributed by atoms with Crippen molar-refractivity contribution in [1.29, 1.82) is 0 Å². The fourth-order valence-electron chi connectivity index (χ4n) is 6.89. The predicted octanol–water partition coefficient (Wildman–Crippen LogP) is 4.77. The van der Waals surface area contributed by atoms with Gasteiger partial charge < -0.3 is 55.2 Å². The molecule has 0 radical (unpaired) electrons. The number of hydrogen-bond donors (Lipinski definition) is 7. The van der Waals surface area contributed by atoms with Crippen LogP contribution in [0.2, 0.25) is 0 Å². The van der Waals surface area contributed by atoms with Crippen molar-refractivity contribution in [3.8, 4) is 28.7 Å². The van der Waals surface area contributed by atoms with Crippen molar-refractivity contribution in [2.24, 2.45) is 11.3 Å². The molecule has 16 heteroatoms. The van der Waals surface area contributed by atoms with Crippen LogP contribution in [0.15, 0.2) is 91.0 Å². The molecule has 0 aliphatic carbocycles. The number of aliphatic hydroxyl groups is 1. The van der Waals surface area contributed by atoms with Crippen LogP contribution in [-0.4, -0.2) is 92.7 Å². The summed E-state index contributed by atoms with van der Waals surface area (Å²) in [5, 5.41) is 37.4. The zero-order valence-electron chi connectivity index (χ0n) is 38.0. The molecule has 0 bridgehead atoms. The first-order valence-electron chi connectivity index (χ1n) is 20.9. The van der Waals surface area contributed by atoms with E-state index in [0.29, 0.717) is 34.1 Å². The van der Waals surface area contributed by atoms with Crippen LogP contribution in [0.25, 0.3) is 0 Å². The maximum Gasteiger partial charge on any atom is 0.408 e. The molecule has 0 aromatic heterocycles. The molecule has 0 aliphatic rings.